The van der Waals surface area contributed by atoms with Gasteiger partial charge in [0.05, 0.1) is 18.4 Å². The van der Waals surface area contributed by atoms with Crippen LogP contribution in [0.5, 0.6) is 5.75 Å². The molecule has 1 aliphatic heterocycles. The molecule has 17 heavy (non-hydrogen) atoms. The van der Waals surface area contributed by atoms with E-state index >= 15 is 0 Å². The van der Waals surface area contributed by atoms with Crippen LogP contribution in [0.2, 0.25) is 0 Å². The lowest BCUT2D eigenvalue weighted by Crippen LogP contribution is -2.29. The van der Waals surface area contributed by atoms with Crippen LogP contribution in [0.4, 0.5) is 5.69 Å². The summed E-state index contributed by atoms with van der Waals surface area (Å²) in [5, 5.41) is 9.01. The minimum absolute atomic E-state index is 0.311. The molecule has 4 heteroatoms. The zero-order valence-corrected chi connectivity index (χ0v) is 9.98. The van der Waals surface area contributed by atoms with Crippen molar-refractivity contribution < 1.29 is 14.6 Å². The SMILES string of the molecule is COc1ccc(C(=O)O)cc1N1CCCCC1. The minimum Gasteiger partial charge on any atom is -0.495 e. The maximum absolute atomic E-state index is 11.0. The lowest BCUT2D eigenvalue weighted by molar-refractivity contribution is 0.0697. The van der Waals surface area contributed by atoms with E-state index in [9.17, 15) is 4.79 Å². The molecule has 0 radical (unpaired) electrons. The van der Waals surface area contributed by atoms with Gasteiger partial charge in [-0.2, -0.15) is 0 Å². The molecule has 1 aromatic carbocycles. The van der Waals surface area contributed by atoms with E-state index in [2.05, 4.69) is 4.90 Å². The molecule has 4 nitrogen and oxygen atoms in total. The zero-order valence-electron chi connectivity index (χ0n) is 9.98. The smallest absolute Gasteiger partial charge is 0.335 e. The van der Waals surface area contributed by atoms with Gasteiger partial charge in [0.15, 0.2) is 0 Å². The van der Waals surface area contributed by atoms with Gasteiger partial charge in [-0.15, -0.1) is 0 Å². The van der Waals surface area contributed by atoms with Crippen LogP contribution in [-0.4, -0.2) is 31.3 Å². The first-order chi connectivity index (χ1) is 8.22. The third kappa shape index (κ3) is 2.52. The number of hydrogen-bond acceptors (Lipinski definition) is 3. The number of benzene rings is 1. The first kappa shape index (κ1) is 11.8. The lowest BCUT2D eigenvalue weighted by Gasteiger charge is -2.30. The third-order valence-electron chi connectivity index (χ3n) is 3.12. The second-order valence-electron chi connectivity index (χ2n) is 4.24. The fourth-order valence-electron chi connectivity index (χ4n) is 2.20. The molecule has 0 saturated carbocycles. The first-order valence-corrected chi connectivity index (χ1v) is 5.88. The number of nitrogens with zero attached hydrogens (tertiary/aromatic N) is 1. The summed E-state index contributed by atoms with van der Waals surface area (Å²) in [6.45, 7) is 1.94. The highest BCUT2D eigenvalue weighted by Gasteiger charge is 2.17. The van der Waals surface area contributed by atoms with Crippen molar-refractivity contribution in [2.75, 3.05) is 25.1 Å². The lowest BCUT2D eigenvalue weighted by atomic mass is 10.1. The summed E-state index contributed by atoms with van der Waals surface area (Å²) in [4.78, 5) is 13.2. The third-order valence-corrected chi connectivity index (χ3v) is 3.12. The molecule has 0 amide bonds. The Morgan fingerprint density at radius 3 is 2.59 bits per heavy atom. The number of carboxylic acids is 1. The van der Waals surface area contributed by atoms with E-state index in [1.165, 1.54) is 6.42 Å². The number of anilines is 1. The average Bonchev–Trinajstić information content (AvgIpc) is 2.39. The Balaban J connectivity index is 2.34. The molecule has 0 aliphatic carbocycles. The summed E-state index contributed by atoms with van der Waals surface area (Å²) >= 11 is 0. The number of piperidine rings is 1. The first-order valence-electron chi connectivity index (χ1n) is 5.88. The van der Waals surface area contributed by atoms with Gasteiger partial charge >= 0.3 is 5.97 Å². The topological polar surface area (TPSA) is 49.8 Å². The zero-order chi connectivity index (χ0) is 12.3. The number of carboxylic acid groups (broad SMARTS) is 1. The summed E-state index contributed by atoms with van der Waals surface area (Å²) in [6, 6.07) is 5.01. The molecular weight excluding hydrogens is 218 g/mol. The highest BCUT2D eigenvalue weighted by atomic mass is 16.5. The number of hydrogen-bond donors (Lipinski definition) is 1. The van der Waals surface area contributed by atoms with Gasteiger partial charge in [-0.1, -0.05) is 0 Å². The Bertz CT molecular complexity index is 411. The summed E-state index contributed by atoms with van der Waals surface area (Å²) in [5.41, 5.74) is 1.21. The molecule has 2 rings (SSSR count). The van der Waals surface area contributed by atoms with Crippen molar-refractivity contribution in [3.8, 4) is 5.75 Å². The molecule has 1 saturated heterocycles. The molecule has 92 valence electrons. The van der Waals surface area contributed by atoms with Crippen molar-refractivity contribution in [1.82, 2.24) is 0 Å². The minimum atomic E-state index is -0.897. The molecule has 1 heterocycles. The Morgan fingerprint density at radius 1 is 1.29 bits per heavy atom. The van der Waals surface area contributed by atoms with Crippen LogP contribution in [-0.2, 0) is 0 Å². The van der Waals surface area contributed by atoms with E-state index in [0.29, 0.717) is 5.56 Å². The maximum atomic E-state index is 11.0. The Hall–Kier alpha value is -1.71. The second kappa shape index (κ2) is 5.08. The highest BCUT2D eigenvalue weighted by Crippen LogP contribution is 2.31. The highest BCUT2D eigenvalue weighted by molar-refractivity contribution is 5.89. The van der Waals surface area contributed by atoms with Crippen molar-refractivity contribution in [3.63, 3.8) is 0 Å². The standard InChI is InChI=1S/C13H17NO3/c1-17-12-6-5-10(13(15)16)9-11(12)14-7-3-2-4-8-14/h5-6,9H,2-4,7-8H2,1H3,(H,15,16). The van der Waals surface area contributed by atoms with Crippen molar-refractivity contribution in [1.29, 1.82) is 0 Å². The molecule has 0 bridgehead atoms. The molecule has 0 aromatic heterocycles. The van der Waals surface area contributed by atoms with Gasteiger partial charge in [-0.05, 0) is 37.5 Å². The van der Waals surface area contributed by atoms with E-state index in [0.717, 1.165) is 37.4 Å². The van der Waals surface area contributed by atoms with E-state index in [1.54, 1.807) is 25.3 Å². The summed E-state index contributed by atoms with van der Waals surface area (Å²) in [7, 11) is 1.61. The molecule has 0 unspecified atom stereocenters. The second-order valence-corrected chi connectivity index (χ2v) is 4.24. The van der Waals surface area contributed by atoms with Crippen LogP contribution in [0.15, 0.2) is 18.2 Å². The molecular formula is C13H17NO3. The van der Waals surface area contributed by atoms with E-state index < -0.39 is 5.97 Å². The van der Waals surface area contributed by atoms with Gasteiger partial charge in [0.25, 0.3) is 0 Å². The van der Waals surface area contributed by atoms with Gasteiger partial charge < -0.3 is 14.7 Å². The van der Waals surface area contributed by atoms with E-state index in [4.69, 9.17) is 9.84 Å². The van der Waals surface area contributed by atoms with Crippen LogP contribution in [0.3, 0.4) is 0 Å². The van der Waals surface area contributed by atoms with Crippen molar-refractivity contribution in [3.05, 3.63) is 23.8 Å². The fourth-order valence-corrected chi connectivity index (χ4v) is 2.20. The van der Waals surface area contributed by atoms with E-state index in [1.807, 2.05) is 0 Å². The molecule has 0 spiro atoms. The van der Waals surface area contributed by atoms with Gasteiger partial charge in [-0.25, -0.2) is 4.79 Å². The largest absolute Gasteiger partial charge is 0.495 e. The molecule has 1 N–H and O–H groups in total. The van der Waals surface area contributed by atoms with Gasteiger partial charge in [0.2, 0.25) is 0 Å². The quantitative estimate of drug-likeness (QED) is 0.874. The van der Waals surface area contributed by atoms with Crippen LogP contribution in [0, 0.1) is 0 Å². The predicted octanol–water partition coefficient (Wildman–Crippen LogP) is 2.38. The summed E-state index contributed by atoms with van der Waals surface area (Å²) in [6.07, 6.45) is 3.55. The van der Waals surface area contributed by atoms with Crippen LogP contribution >= 0.6 is 0 Å². The van der Waals surface area contributed by atoms with Gasteiger partial charge in [-0.3, -0.25) is 0 Å². The molecule has 1 aliphatic rings. The van der Waals surface area contributed by atoms with Crippen molar-refractivity contribution in [2.45, 2.75) is 19.3 Å². The average molecular weight is 235 g/mol. The Labute approximate surface area is 101 Å². The number of carbonyl (C=O) groups is 1. The number of methoxy groups -OCH3 is 1. The number of ether oxygens (including phenoxy) is 1. The fraction of sp³-hybridized carbons (Fsp3) is 0.462. The predicted molar refractivity (Wildman–Crippen MR) is 66.0 cm³/mol. The van der Waals surface area contributed by atoms with Gasteiger partial charge in [0.1, 0.15) is 5.75 Å². The monoisotopic (exact) mass is 235 g/mol. The maximum Gasteiger partial charge on any atom is 0.335 e. The van der Waals surface area contributed by atoms with Crippen LogP contribution in [0.1, 0.15) is 29.6 Å². The van der Waals surface area contributed by atoms with Crippen LogP contribution < -0.4 is 9.64 Å². The Kier molecular flexibility index (Phi) is 3.52. The molecule has 1 aromatic rings. The number of rotatable bonds is 3. The summed E-state index contributed by atoms with van der Waals surface area (Å²) < 4.78 is 5.30. The summed E-state index contributed by atoms with van der Waals surface area (Å²) in [5.74, 6) is -0.150. The van der Waals surface area contributed by atoms with Crippen LogP contribution in [0.25, 0.3) is 0 Å². The van der Waals surface area contributed by atoms with E-state index in [-0.39, 0.29) is 0 Å². The molecule has 0 atom stereocenters. The Morgan fingerprint density at radius 2 is 2.00 bits per heavy atom. The van der Waals surface area contributed by atoms with Crippen molar-refractivity contribution in [2.24, 2.45) is 0 Å². The number of aromatic carboxylic acids is 1. The van der Waals surface area contributed by atoms with Gasteiger partial charge in [0, 0.05) is 13.1 Å². The van der Waals surface area contributed by atoms with Crippen molar-refractivity contribution >= 4 is 11.7 Å². The molecule has 1 fully saturated rings. The normalized spacial score (nSPS) is 15.7.